The molecule has 2 aliphatic rings. The van der Waals surface area contributed by atoms with E-state index >= 15 is 0 Å². The van der Waals surface area contributed by atoms with Crippen LogP contribution in [-0.4, -0.2) is 58.3 Å². The van der Waals surface area contributed by atoms with Crippen LogP contribution in [0.2, 0.25) is 10.0 Å². The monoisotopic (exact) mass is 686 g/mol. The van der Waals surface area contributed by atoms with E-state index in [9.17, 15) is 9.59 Å². The lowest BCUT2D eigenvalue weighted by Crippen LogP contribution is -2.25. The lowest BCUT2D eigenvalue weighted by molar-refractivity contribution is -0.119. The number of carbonyl (C=O) groups is 2. The Labute approximate surface area is 290 Å². The summed E-state index contributed by atoms with van der Waals surface area (Å²) in [6.07, 6.45) is 9.85. The van der Waals surface area contributed by atoms with E-state index in [1.54, 1.807) is 12.4 Å². The molecule has 3 heterocycles. The number of nitrogens with one attached hydrogen (secondary N) is 4. The molecule has 48 heavy (non-hydrogen) atoms. The third-order valence-electron chi connectivity index (χ3n) is 9.13. The Morgan fingerprint density at radius 2 is 1.42 bits per heavy atom. The van der Waals surface area contributed by atoms with Gasteiger partial charge in [-0.15, -0.1) is 0 Å². The first-order valence-corrected chi connectivity index (χ1v) is 17.3. The Morgan fingerprint density at radius 3 is 1.98 bits per heavy atom. The van der Waals surface area contributed by atoms with Crippen LogP contribution in [0.25, 0.3) is 33.6 Å². The van der Waals surface area contributed by atoms with Gasteiger partial charge in [-0.3, -0.25) is 19.6 Å². The van der Waals surface area contributed by atoms with Crippen molar-refractivity contribution in [2.45, 2.75) is 64.0 Å². The number of carbonyl (C=O) groups excluding carboxylic acids is 2. The third-order valence-corrected chi connectivity index (χ3v) is 9.95. The largest absolute Gasteiger partial charge is 0.372 e. The number of anilines is 2. The first-order chi connectivity index (χ1) is 23.3. The van der Waals surface area contributed by atoms with Crippen molar-refractivity contribution in [1.29, 1.82) is 0 Å². The Hall–Kier alpha value is -4.12. The van der Waals surface area contributed by atoms with Gasteiger partial charge in [0.15, 0.2) is 0 Å². The van der Waals surface area contributed by atoms with Gasteiger partial charge in [-0.05, 0) is 44.6 Å². The molecule has 1 aliphatic carbocycles. The zero-order chi connectivity index (χ0) is 33.6. The molecule has 4 aromatic rings. The summed E-state index contributed by atoms with van der Waals surface area (Å²) in [5.74, 6) is 2.24. The van der Waals surface area contributed by atoms with E-state index < -0.39 is 0 Å². The summed E-state index contributed by atoms with van der Waals surface area (Å²) in [6.45, 7) is 1.32. The maximum atomic E-state index is 11.6. The molecule has 1 aliphatic heterocycles. The van der Waals surface area contributed by atoms with Gasteiger partial charge in [0.25, 0.3) is 0 Å². The smallest absolute Gasteiger partial charge is 0.220 e. The van der Waals surface area contributed by atoms with E-state index in [1.807, 2.05) is 50.5 Å². The van der Waals surface area contributed by atoms with E-state index in [2.05, 4.69) is 21.3 Å². The third kappa shape index (κ3) is 7.61. The zero-order valence-corrected chi connectivity index (χ0v) is 28.7. The number of aromatic nitrogens is 4. The highest BCUT2D eigenvalue weighted by molar-refractivity contribution is 6.39. The molecule has 1 saturated heterocycles. The first-order valence-electron chi connectivity index (χ1n) is 16.5. The van der Waals surface area contributed by atoms with Gasteiger partial charge in [0, 0.05) is 68.2 Å². The van der Waals surface area contributed by atoms with Crippen molar-refractivity contribution in [2.24, 2.45) is 5.92 Å². The molecule has 6 rings (SSSR count). The van der Waals surface area contributed by atoms with Crippen molar-refractivity contribution in [3.8, 4) is 33.6 Å². The topological polar surface area (TPSA) is 134 Å². The van der Waals surface area contributed by atoms with Crippen molar-refractivity contribution >= 4 is 46.5 Å². The molecule has 2 fully saturated rings. The van der Waals surface area contributed by atoms with Gasteiger partial charge in [-0.25, -0.2) is 9.97 Å². The quantitative estimate of drug-likeness (QED) is 0.121. The van der Waals surface area contributed by atoms with Crippen LogP contribution in [0.4, 0.5) is 11.6 Å². The number of Topliss-reactive ketones (excluding diaryl/α,β-unsaturated/α-hetero) is 1. The van der Waals surface area contributed by atoms with Crippen LogP contribution in [0.1, 0.15) is 56.3 Å². The van der Waals surface area contributed by atoms with Crippen LogP contribution in [0.3, 0.4) is 0 Å². The number of amides is 1. The molecule has 10 nitrogen and oxygen atoms in total. The molecule has 1 amide bonds. The Morgan fingerprint density at radius 1 is 0.812 bits per heavy atom. The molecule has 0 radical (unpaired) electrons. The van der Waals surface area contributed by atoms with Gasteiger partial charge < -0.3 is 21.3 Å². The maximum absolute atomic E-state index is 11.6. The van der Waals surface area contributed by atoms with Crippen LogP contribution in [-0.2, 0) is 22.6 Å². The number of aryl methyl sites for hydroxylation is 1. The van der Waals surface area contributed by atoms with Crippen LogP contribution in [0.5, 0.6) is 0 Å². The van der Waals surface area contributed by atoms with Crippen LogP contribution in [0, 0.1) is 5.92 Å². The summed E-state index contributed by atoms with van der Waals surface area (Å²) in [5, 5.41) is 13.9. The SMILES string of the molecule is CNc1nc(-c2cccc(-c3cccc(-c4cnc(CNC[C@H]5CCC(=O)C5)c(NC)n4)c3Cl)c2Cl)cnc1CCC[C@H]1CCC(=O)N1. The fourth-order valence-electron chi connectivity index (χ4n) is 6.55. The van der Waals surface area contributed by atoms with E-state index in [0.29, 0.717) is 70.6 Å². The van der Waals surface area contributed by atoms with Gasteiger partial charge >= 0.3 is 0 Å². The summed E-state index contributed by atoms with van der Waals surface area (Å²) in [4.78, 5) is 42.3. The molecular weight excluding hydrogens is 647 g/mol. The minimum absolute atomic E-state index is 0.136. The lowest BCUT2D eigenvalue weighted by atomic mass is 9.98. The summed E-state index contributed by atoms with van der Waals surface area (Å²) >= 11 is 14.2. The molecular formula is C36H40Cl2N8O2. The molecule has 2 atom stereocenters. The number of rotatable bonds is 13. The summed E-state index contributed by atoms with van der Waals surface area (Å²) < 4.78 is 0. The number of benzene rings is 2. The number of halogens is 2. The minimum atomic E-state index is 0.136. The Bertz CT molecular complexity index is 1690. The molecule has 0 spiro atoms. The number of nitrogens with zero attached hydrogens (tertiary/aromatic N) is 4. The van der Waals surface area contributed by atoms with Crippen molar-refractivity contribution < 1.29 is 9.59 Å². The number of ketones is 1. The van der Waals surface area contributed by atoms with Gasteiger partial charge in [0.1, 0.15) is 17.4 Å². The van der Waals surface area contributed by atoms with Gasteiger partial charge in [0.2, 0.25) is 5.91 Å². The standard InChI is InChI=1S/C36H40Cl2N8O2/c1-39-35-28(11-3-6-22-13-15-32(48)44-22)42-19-29(45-35)26-9-4-7-24(33(26)37)25-8-5-10-27(34(25)38)30-20-43-31(36(40-2)46-30)18-41-17-21-12-14-23(47)16-21/h4-5,7-10,19-22,41H,3,6,11-18H2,1-2H3,(H,39,45)(H,40,46)(H,44,48)/t21-,22-/m0/s1. The van der Waals surface area contributed by atoms with Crippen molar-refractivity contribution in [3.05, 3.63) is 70.2 Å². The second kappa shape index (κ2) is 15.4. The molecule has 4 N–H and O–H groups in total. The van der Waals surface area contributed by atoms with Crippen LogP contribution < -0.4 is 21.3 Å². The van der Waals surface area contributed by atoms with Crippen molar-refractivity contribution in [2.75, 3.05) is 31.3 Å². The molecule has 0 unspecified atom stereocenters. The molecule has 2 aromatic heterocycles. The molecule has 0 bridgehead atoms. The highest BCUT2D eigenvalue weighted by Crippen LogP contribution is 2.42. The van der Waals surface area contributed by atoms with Crippen LogP contribution in [0.15, 0.2) is 48.8 Å². The average Bonchev–Trinajstić information content (AvgIpc) is 3.72. The molecule has 12 heteroatoms. The lowest BCUT2D eigenvalue weighted by Gasteiger charge is -2.16. The highest BCUT2D eigenvalue weighted by Gasteiger charge is 2.23. The maximum Gasteiger partial charge on any atom is 0.220 e. The van der Waals surface area contributed by atoms with E-state index in [1.165, 1.54) is 0 Å². The summed E-state index contributed by atoms with van der Waals surface area (Å²) in [6, 6.07) is 11.8. The number of hydrogen-bond acceptors (Lipinski definition) is 9. The van der Waals surface area contributed by atoms with E-state index in [4.69, 9.17) is 43.1 Å². The zero-order valence-electron chi connectivity index (χ0n) is 27.2. The van der Waals surface area contributed by atoms with Crippen molar-refractivity contribution in [3.63, 3.8) is 0 Å². The number of hydrogen-bond donors (Lipinski definition) is 4. The van der Waals surface area contributed by atoms with Crippen molar-refractivity contribution in [1.82, 2.24) is 30.6 Å². The predicted molar refractivity (Wildman–Crippen MR) is 191 cm³/mol. The Kier molecular flexibility index (Phi) is 10.8. The Balaban J connectivity index is 1.20. The summed E-state index contributed by atoms with van der Waals surface area (Å²) in [5.41, 5.74) is 5.98. The van der Waals surface area contributed by atoms with E-state index in [0.717, 1.165) is 72.3 Å². The van der Waals surface area contributed by atoms with Gasteiger partial charge in [0.05, 0.1) is 45.2 Å². The summed E-state index contributed by atoms with van der Waals surface area (Å²) in [7, 11) is 3.66. The fourth-order valence-corrected chi connectivity index (χ4v) is 7.20. The highest BCUT2D eigenvalue weighted by atomic mass is 35.5. The second-order valence-corrected chi connectivity index (χ2v) is 13.2. The van der Waals surface area contributed by atoms with Gasteiger partial charge in [-0.1, -0.05) is 59.6 Å². The second-order valence-electron chi connectivity index (χ2n) is 12.4. The normalized spacial score (nSPS) is 17.5. The molecule has 1 saturated carbocycles. The first kappa shape index (κ1) is 33.8. The molecule has 2 aromatic carbocycles. The minimum Gasteiger partial charge on any atom is -0.372 e. The molecule has 250 valence electrons. The van der Waals surface area contributed by atoms with Gasteiger partial charge in [-0.2, -0.15) is 0 Å². The average molecular weight is 688 g/mol. The predicted octanol–water partition coefficient (Wildman–Crippen LogP) is 6.72. The van der Waals surface area contributed by atoms with E-state index in [-0.39, 0.29) is 11.9 Å². The van der Waals surface area contributed by atoms with Crippen LogP contribution >= 0.6 is 23.2 Å². The fraction of sp³-hybridized carbons (Fsp3) is 0.389.